The van der Waals surface area contributed by atoms with Gasteiger partial charge in [-0.2, -0.15) is 0 Å². The lowest BCUT2D eigenvalue weighted by Crippen LogP contribution is -2.11. The van der Waals surface area contributed by atoms with Crippen LogP contribution in [0.15, 0.2) is 60.8 Å². The normalized spacial score (nSPS) is 13.8. The van der Waals surface area contributed by atoms with Gasteiger partial charge >= 0.3 is 0 Å². The van der Waals surface area contributed by atoms with Crippen LogP contribution in [0, 0.1) is 0 Å². The molecule has 0 bridgehead atoms. The minimum absolute atomic E-state index is 0.733. The molecule has 1 heterocycles. The van der Waals surface area contributed by atoms with Crippen molar-refractivity contribution in [1.82, 2.24) is 0 Å². The first-order chi connectivity index (χ1) is 9.38. The highest BCUT2D eigenvalue weighted by atomic mass is 16.1. The van der Waals surface area contributed by atoms with Crippen LogP contribution in [0.5, 0.6) is 0 Å². The number of rotatable bonds is 3. The van der Waals surface area contributed by atoms with Crippen molar-refractivity contribution in [2.75, 3.05) is 11.4 Å². The van der Waals surface area contributed by atoms with Gasteiger partial charge in [0.15, 0.2) is 6.29 Å². The van der Waals surface area contributed by atoms with Crippen molar-refractivity contribution in [3.63, 3.8) is 0 Å². The molecule has 2 heteroatoms. The van der Waals surface area contributed by atoms with Crippen LogP contribution < -0.4 is 4.90 Å². The Kier molecular flexibility index (Phi) is 3.15. The van der Waals surface area contributed by atoms with Crippen LogP contribution in [0.2, 0.25) is 0 Å². The molecule has 0 aromatic heterocycles. The Morgan fingerprint density at radius 2 is 1.79 bits per heavy atom. The number of hydrogen-bond acceptors (Lipinski definition) is 2. The van der Waals surface area contributed by atoms with Crippen LogP contribution in [-0.2, 0) is 0 Å². The number of hydrogen-bond donors (Lipinski definition) is 0. The zero-order chi connectivity index (χ0) is 13.1. The Labute approximate surface area is 113 Å². The molecule has 0 radical (unpaired) electrons. The second kappa shape index (κ2) is 5.11. The van der Waals surface area contributed by atoms with E-state index in [9.17, 15) is 4.79 Å². The maximum absolute atomic E-state index is 11.1. The highest BCUT2D eigenvalue weighted by molar-refractivity contribution is 5.87. The summed E-state index contributed by atoms with van der Waals surface area (Å²) in [7, 11) is 0. The zero-order valence-corrected chi connectivity index (χ0v) is 10.6. The molecule has 0 atom stereocenters. The smallest absolute Gasteiger partial charge is 0.150 e. The number of anilines is 1. The third-order valence-corrected chi connectivity index (χ3v) is 3.42. The topological polar surface area (TPSA) is 20.3 Å². The lowest BCUT2D eigenvalue weighted by atomic mass is 10.0. The Bertz CT molecular complexity index is 613. The highest BCUT2D eigenvalue weighted by Gasteiger charge is 2.08. The summed E-state index contributed by atoms with van der Waals surface area (Å²) in [6.45, 7) is 1.05. The average molecular weight is 249 g/mol. The largest absolute Gasteiger partial charge is 0.348 e. The van der Waals surface area contributed by atoms with Gasteiger partial charge in [-0.05, 0) is 29.7 Å². The second-order valence-corrected chi connectivity index (χ2v) is 4.62. The summed E-state index contributed by atoms with van der Waals surface area (Å²) in [6.07, 6.45) is 6.31. The average Bonchev–Trinajstić information content (AvgIpc) is 3.02. The van der Waals surface area contributed by atoms with Gasteiger partial charge in [-0.25, -0.2) is 0 Å². The number of benzene rings is 2. The van der Waals surface area contributed by atoms with Crippen molar-refractivity contribution in [1.29, 1.82) is 0 Å². The number of nitrogens with zero attached hydrogens (tertiary/aromatic N) is 1. The Morgan fingerprint density at radius 3 is 2.47 bits per heavy atom. The number of carbonyl (C=O) groups excluding carboxylic acids is 1. The minimum Gasteiger partial charge on any atom is -0.348 e. The molecule has 3 rings (SSSR count). The molecule has 0 spiro atoms. The first-order valence-corrected chi connectivity index (χ1v) is 6.46. The fraction of sp³-hybridized carbons (Fsp3) is 0.118. The van der Waals surface area contributed by atoms with E-state index < -0.39 is 0 Å². The second-order valence-electron chi connectivity index (χ2n) is 4.62. The van der Waals surface area contributed by atoms with Crippen LogP contribution in [-0.4, -0.2) is 12.8 Å². The number of carbonyl (C=O) groups is 1. The maximum Gasteiger partial charge on any atom is 0.150 e. The van der Waals surface area contributed by atoms with Gasteiger partial charge in [0.1, 0.15) is 0 Å². The van der Waals surface area contributed by atoms with E-state index in [0.29, 0.717) is 0 Å². The lowest BCUT2D eigenvalue weighted by molar-refractivity contribution is 0.112. The molecule has 1 aliphatic heterocycles. The Morgan fingerprint density at radius 1 is 1.00 bits per heavy atom. The summed E-state index contributed by atoms with van der Waals surface area (Å²) in [5, 5.41) is 0. The predicted molar refractivity (Wildman–Crippen MR) is 78.4 cm³/mol. The molecule has 0 aliphatic carbocycles. The summed E-state index contributed by atoms with van der Waals surface area (Å²) < 4.78 is 0. The summed E-state index contributed by atoms with van der Waals surface area (Å²) in [5.41, 5.74) is 3.99. The molecule has 2 aromatic carbocycles. The van der Waals surface area contributed by atoms with Crippen molar-refractivity contribution in [2.45, 2.75) is 6.42 Å². The van der Waals surface area contributed by atoms with Gasteiger partial charge in [0.25, 0.3) is 0 Å². The van der Waals surface area contributed by atoms with E-state index in [1.54, 1.807) is 0 Å². The predicted octanol–water partition coefficient (Wildman–Crippen LogP) is 3.89. The summed E-state index contributed by atoms with van der Waals surface area (Å²) in [4.78, 5) is 13.3. The van der Waals surface area contributed by atoms with E-state index in [2.05, 4.69) is 41.4 Å². The van der Waals surface area contributed by atoms with Crippen LogP contribution in [0.25, 0.3) is 11.1 Å². The molecular formula is C17H15NO. The van der Waals surface area contributed by atoms with Crippen molar-refractivity contribution >= 4 is 12.0 Å². The standard InChI is InChI=1S/C17H15NO/c19-13-15-5-1-2-6-17(15)14-7-9-16(10-8-14)18-11-3-4-12-18/h1-3,5-11,13H,4,12H2. The molecule has 0 N–H and O–H groups in total. The summed E-state index contributed by atoms with van der Waals surface area (Å²) in [6, 6.07) is 16.0. The van der Waals surface area contributed by atoms with Crippen molar-refractivity contribution in [2.24, 2.45) is 0 Å². The quantitative estimate of drug-likeness (QED) is 0.769. The molecule has 19 heavy (non-hydrogen) atoms. The first-order valence-electron chi connectivity index (χ1n) is 6.46. The van der Waals surface area contributed by atoms with Gasteiger partial charge in [0.05, 0.1) is 0 Å². The molecule has 0 saturated heterocycles. The van der Waals surface area contributed by atoms with E-state index in [4.69, 9.17) is 0 Å². The van der Waals surface area contributed by atoms with E-state index in [1.165, 1.54) is 5.69 Å². The highest BCUT2D eigenvalue weighted by Crippen LogP contribution is 2.26. The SMILES string of the molecule is O=Cc1ccccc1-c1ccc(N2C=CCC2)cc1. The van der Waals surface area contributed by atoms with E-state index in [1.807, 2.05) is 24.3 Å². The van der Waals surface area contributed by atoms with E-state index >= 15 is 0 Å². The molecule has 94 valence electrons. The van der Waals surface area contributed by atoms with E-state index in [-0.39, 0.29) is 0 Å². The van der Waals surface area contributed by atoms with Gasteiger partial charge in [-0.3, -0.25) is 4.79 Å². The molecule has 2 nitrogen and oxygen atoms in total. The third kappa shape index (κ3) is 2.29. The third-order valence-electron chi connectivity index (χ3n) is 3.42. The maximum atomic E-state index is 11.1. The fourth-order valence-electron chi connectivity index (χ4n) is 2.40. The molecule has 1 aliphatic rings. The monoisotopic (exact) mass is 249 g/mol. The molecule has 0 amide bonds. The van der Waals surface area contributed by atoms with Gasteiger partial charge in [-0.15, -0.1) is 0 Å². The van der Waals surface area contributed by atoms with Crippen LogP contribution in [0.4, 0.5) is 5.69 Å². The summed E-state index contributed by atoms with van der Waals surface area (Å²) in [5.74, 6) is 0. The van der Waals surface area contributed by atoms with Crippen molar-refractivity contribution in [3.8, 4) is 11.1 Å². The fourth-order valence-corrected chi connectivity index (χ4v) is 2.40. The zero-order valence-electron chi connectivity index (χ0n) is 10.6. The van der Waals surface area contributed by atoms with Crippen molar-refractivity contribution in [3.05, 3.63) is 66.4 Å². The Hall–Kier alpha value is -2.35. The minimum atomic E-state index is 0.733. The van der Waals surface area contributed by atoms with Gasteiger partial charge in [-0.1, -0.05) is 42.5 Å². The van der Waals surface area contributed by atoms with Gasteiger partial charge in [0.2, 0.25) is 0 Å². The first kappa shape index (κ1) is 11.7. The molecular weight excluding hydrogens is 234 g/mol. The molecule has 0 fully saturated rings. The lowest BCUT2D eigenvalue weighted by Gasteiger charge is -2.16. The van der Waals surface area contributed by atoms with E-state index in [0.717, 1.165) is 35.9 Å². The van der Waals surface area contributed by atoms with Crippen molar-refractivity contribution < 1.29 is 4.79 Å². The number of aldehydes is 1. The van der Waals surface area contributed by atoms with Gasteiger partial charge < -0.3 is 4.90 Å². The van der Waals surface area contributed by atoms with Crippen LogP contribution in [0.3, 0.4) is 0 Å². The summed E-state index contributed by atoms with van der Waals surface area (Å²) >= 11 is 0. The molecule has 0 unspecified atom stereocenters. The Balaban J connectivity index is 1.93. The van der Waals surface area contributed by atoms with Crippen LogP contribution in [0.1, 0.15) is 16.8 Å². The van der Waals surface area contributed by atoms with Gasteiger partial charge in [0, 0.05) is 24.0 Å². The molecule has 0 saturated carbocycles. The van der Waals surface area contributed by atoms with Crippen LogP contribution >= 0.6 is 0 Å². The molecule has 2 aromatic rings.